The van der Waals surface area contributed by atoms with Crippen molar-refractivity contribution in [2.24, 2.45) is 7.05 Å². The Balaban J connectivity index is 1.88. The predicted molar refractivity (Wildman–Crippen MR) is 77.2 cm³/mol. The van der Waals surface area contributed by atoms with E-state index < -0.39 is 4.92 Å². The molecule has 1 heterocycles. The maximum absolute atomic E-state index is 11.6. The molecular formula is C14H14N4O3. The second kappa shape index (κ2) is 6.47. The van der Waals surface area contributed by atoms with E-state index in [0.29, 0.717) is 6.54 Å². The van der Waals surface area contributed by atoms with E-state index in [4.69, 9.17) is 0 Å². The zero-order chi connectivity index (χ0) is 15.2. The SMILES string of the molecule is Cn1cc(CNC(=O)/C=C/c2ccc([N+](=O)[O-])cc2)cn1. The van der Waals surface area contributed by atoms with Crippen molar-refractivity contribution in [3.63, 3.8) is 0 Å². The second-order valence-electron chi connectivity index (χ2n) is 4.42. The standard InChI is InChI=1S/C14H14N4O3/c1-17-10-12(9-16-17)8-15-14(19)7-4-11-2-5-13(6-3-11)18(20)21/h2-7,9-10H,8H2,1H3,(H,15,19)/b7-4+. The van der Waals surface area contributed by atoms with E-state index >= 15 is 0 Å². The number of aromatic nitrogens is 2. The third-order valence-corrected chi connectivity index (χ3v) is 2.76. The number of hydrogen-bond donors (Lipinski definition) is 1. The minimum absolute atomic E-state index is 0.0215. The Labute approximate surface area is 121 Å². The molecule has 0 atom stereocenters. The Morgan fingerprint density at radius 3 is 2.71 bits per heavy atom. The topological polar surface area (TPSA) is 90.1 Å². The zero-order valence-electron chi connectivity index (χ0n) is 11.4. The number of rotatable bonds is 5. The lowest BCUT2D eigenvalue weighted by molar-refractivity contribution is -0.384. The van der Waals surface area contributed by atoms with Gasteiger partial charge in [0.25, 0.3) is 5.69 Å². The van der Waals surface area contributed by atoms with Crippen LogP contribution in [0.1, 0.15) is 11.1 Å². The Morgan fingerprint density at radius 2 is 2.14 bits per heavy atom. The molecule has 7 nitrogen and oxygen atoms in total. The molecule has 1 aromatic heterocycles. The Bertz CT molecular complexity index is 674. The van der Waals surface area contributed by atoms with Crippen molar-refractivity contribution in [3.05, 3.63) is 64.0 Å². The lowest BCUT2D eigenvalue weighted by Crippen LogP contribution is -2.19. The van der Waals surface area contributed by atoms with Crippen LogP contribution < -0.4 is 5.32 Å². The number of carbonyl (C=O) groups excluding carboxylic acids is 1. The normalized spacial score (nSPS) is 10.7. The molecule has 1 amide bonds. The highest BCUT2D eigenvalue weighted by Crippen LogP contribution is 2.12. The van der Waals surface area contributed by atoms with Gasteiger partial charge in [-0.1, -0.05) is 0 Å². The lowest BCUT2D eigenvalue weighted by atomic mass is 10.2. The molecule has 0 aliphatic carbocycles. The molecule has 0 fully saturated rings. The molecule has 0 bridgehead atoms. The van der Waals surface area contributed by atoms with Gasteiger partial charge in [-0.25, -0.2) is 0 Å². The molecule has 0 radical (unpaired) electrons. The maximum Gasteiger partial charge on any atom is 0.269 e. The first-order chi connectivity index (χ1) is 10.0. The molecule has 1 aromatic carbocycles. The molecule has 2 rings (SSSR count). The van der Waals surface area contributed by atoms with E-state index in [2.05, 4.69) is 10.4 Å². The van der Waals surface area contributed by atoms with Gasteiger partial charge >= 0.3 is 0 Å². The fraction of sp³-hybridized carbons (Fsp3) is 0.143. The zero-order valence-corrected chi connectivity index (χ0v) is 11.4. The number of benzene rings is 1. The van der Waals surface area contributed by atoms with Gasteiger partial charge in [0.1, 0.15) is 0 Å². The molecule has 0 aliphatic rings. The number of aryl methyl sites for hydroxylation is 1. The number of nitrogens with one attached hydrogen (secondary N) is 1. The number of carbonyl (C=O) groups is 1. The van der Waals surface area contributed by atoms with Crippen LogP contribution in [0.25, 0.3) is 6.08 Å². The average molecular weight is 286 g/mol. The highest BCUT2D eigenvalue weighted by Gasteiger charge is 2.03. The smallest absolute Gasteiger partial charge is 0.269 e. The Kier molecular flexibility index (Phi) is 4.45. The maximum atomic E-state index is 11.6. The fourth-order valence-corrected chi connectivity index (χ4v) is 1.69. The molecule has 7 heteroatoms. The first kappa shape index (κ1) is 14.4. The van der Waals surface area contributed by atoms with E-state index in [0.717, 1.165) is 11.1 Å². The van der Waals surface area contributed by atoms with Crippen LogP contribution in [0.15, 0.2) is 42.7 Å². The van der Waals surface area contributed by atoms with E-state index in [9.17, 15) is 14.9 Å². The van der Waals surface area contributed by atoms with Gasteiger partial charge in [-0.2, -0.15) is 5.10 Å². The Morgan fingerprint density at radius 1 is 1.43 bits per heavy atom. The molecule has 0 saturated heterocycles. The number of nitrogens with zero attached hydrogens (tertiary/aromatic N) is 3. The van der Waals surface area contributed by atoms with Crippen LogP contribution in [-0.4, -0.2) is 20.6 Å². The number of non-ortho nitro benzene ring substituents is 1. The quantitative estimate of drug-likeness (QED) is 0.514. The molecule has 0 aliphatic heterocycles. The largest absolute Gasteiger partial charge is 0.348 e. The van der Waals surface area contributed by atoms with Crippen LogP contribution >= 0.6 is 0 Å². The summed E-state index contributed by atoms with van der Waals surface area (Å²) in [6, 6.07) is 5.96. The van der Waals surface area contributed by atoms with Gasteiger partial charge in [0.05, 0.1) is 11.1 Å². The summed E-state index contributed by atoms with van der Waals surface area (Å²) in [4.78, 5) is 21.7. The number of amides is 1. The van der Waals surface area contributed by atoms with Crippen molar-refractivity contribution in [1.82, 2.24) is 15.1 Å². The highest BCUT2D eigenvalue weighted by molar-refractivity contribution is 5.91. The van der Waals surface area contributed by atoms with Gasteiger partial charge in [-0.3, -0.25) is 19.6 Å². The van der Waals surface area contributed by atoms with E-state index in [1.807, 2.05) is 6.20 Å². The minimum Gasteiger partial charge on any atom is -0.348 e. The molecule has 2 aromatic rings. The molecule has 21 heavy (non-hydrogen) atoms. The van der Waals surface area contributed by atoms with E-state index in [1.54, 1.807) is 36.1 Å². The second-order valence-corrected chi connectivity index (χ2v) is 4.42. The third kappa shape index (κ3) is 4.27. The molecule has 1 N–H and O–H groups in total. The third-order valence-electron chi connectivity index (χ3n) is 2.76. The number of hydrogen-bond acceptors (Lipinski definition) is 4. The summed E-state index contributed by atoms with van der Waals surface area (Å²) in [5.41, 5.74) is 1.65. The summed E-state index contributed by atoms with van der Waals surface area (Å²) in [6.45, 7) is 0.400. The van der Waals surface area contributed by atoms with Gasteiger partial charge < -0.3 is 5.32 Å². The first-order valence-corrected chi connectivity index (χ1v) is 6.22. The average Bonchev–Trinajstić information content (AvgIpc) is 2.89. The first-order valence-electron chi connectivity index (χ1n) is 6.22. The van der Waals surface area contributed by atoms with Crippen molar-refractivity contribution in [2.45, 2.75) is 6.54 Å². The lowest BCUT2D eigenvalue weighted by Gasteiger charge is -1.99. The van der Waals surface area contributed by atoms with Crippen LogP contribution in [0.3, 0.4) is 0 Å². The summed E-state index contributed by atoms with van der Waals surface area (Å²) >= 11 is 0. The molecule has 0 saturated carbocycles. The van der Waals surface area contributed by atoms with Crippen molar-refractivity contribution < 1.29 is 9.72 Å². The van der Waals surface area contributed by atoms with Crippen molar-refractivity contribution >= 4 is 17.7 Å². The summed E-state index contributed by atoms with van der Waals surface area (Å²) in [5.74, 6) is -0.239. The fourth-order valence-electron chi connectivity index (χ4n) is 1.69. The minimum atomic E-state index is -0.464. The van der Waals surface area contributed by atoms with Crippen molar-refractivity contribution in [2.75, 3.05) is 0 Å². The van der Waals surface area contributed by atoms with Crippen molar-refractivity contribution in [1.29, 1.82) is 0 Å². The Hall–Kier alpha value is -2.96. The van der Waals surface area contributed by atoms with Gasteiger partial charge in [-0.15, -0.1) is 0 Å². The summed E-state index contributed by atoms with van der Waals surface area (Å²) in [6.07, 6.45) is 6.49. The number of nitro groups is 1. The summed E-state index contributed by atoms with van der Waals surface area (Å²) in [7, 11) is 1.81. The van der Waals surface area contributed by atoms with Gasteiger partial charge in [0.15, 0.2) is 0 Å². The summed E-state index contributed by atoms with van der Waals surface area (Å²) < 4.78 is 1.66. The molecular weight excluding hydrogens is 272 g/mol. The predicted octanol–water partition coefficient (Wildman–Crippen LogP) is 1.66. The number of nitro benzene ring substituents is 1. The van der Waals surface area contributed by atoms with Crippen LogP contribution in [0.4, 0.5) is 5.69 Å². The highest BCUT2D eigenvalue weighted by atomic mass is 16.6. The monoisotopic (exact) mass is 286 g/mol. The van der Waals surface area contributed by atoms with Gasteiger partial charge in [0, 0.05) is 43.6 Å². The van der Waals surface area contributed by atoms with Crippen LogP contribution in [0, 0.1) is 10.1 Å². The van der Waals surface area contributed by atoms with E-state index in [-0.39, 0.29) is 11.6 Å². The van der Waals surface area contributed by atoms with Crippen molar-refractivity contribution in [3.8, 4) is 0 Å². The molecule has 0 unspecified atom stereocenters. The van der Waals surface area contributed by atoms with Crippen LogP contribution in [0.5, 0.6) is 0 Å². The van der Waals surface area contributed by atoms with Crippen LogP contribution in [0.2, 0.25) is 0 Å². The summed E-state index contributed by atoms with van der Waals surface area (Å²) in [5, 5.41) is 17.2. The molecule has 108 valence electrons. The van der Waals surface area contributed by atoms with E-state index in [1.165, 1.54) is 18.2 Å². The van der Waals surface area contributed by atoms with Gasteiger partial charge in [0.2, 0.25) is 5.91 Å². The van der Waals surface area contributed by atoms with Crippen LogP contribution in [-0.2, 0) is 18.4 Å². The molecule has 0 spiro atoms. The van der Waals surface area contributed by atoms with Gasteiger partial charge in [-0.05, 0) is 23.8 Å².